The molecule has 2 aromatic carbocycles. The Balaban J connectivity index is 1.89. The summed E-state index contributed by atoms with van der Waals surface area (Å²) in [5, 5.41) is 59.6. The van der Waals surface area contributed by atoms with Crippen molar-refractivity contribution in [1.29, 1.82) is 0 Å². The van der Waals surface area contributed by atoms with Crippen molar-refractivity contribution in [1.82, 2.24) is 5.32 Å². The Hall–Kier alpha value is -2.48. The van der Waals surface area contributed by atoms with Gasteiger partial charge in [0.1, 0.15) is 12.5 Å². The summed E-state index contributed by atoms with van der Waals surface area (Å²) in [5.74, 6) is -1.06. The third-order valence-electron chi connectivity index (χ3n) is 3.32. The molecule has 2 unspecified atom stereocenters. The van der Waals surface area contributed by atoms with Crippen LogP contribution in [0.1, 0.15) is 11.1 Å². The van der Waals surface area contributed by atoms with E-state index < -0.39 is 12.5 Å². The maximum absolute atomic E-state index is 9.91. The van der Waals surface area contributed by atoms with Gasteiger partial charge in [0.2, 0.25) is 0 Å². The quantitative estimate of drug-likeness (QED) is 0.305. The molecule has 7 heteroatoms. The second-order valence-electron chi connectivity index (χ2n) is 5.25. The third-order valence-corrected chi connectivity index (χ3v) is 3.32. The van der Waals surface area contributed by atoms with E-state index in [1.165, 1.54) is 24.3 Å². The van der Waals surface area contributed by atoms with Crippen LogP contribution in [0.2, 0.25) is 0 Å². The van der Waals surface area contributed by atoms with Crippen molar-refractivity contribution in [2.75, 3.05) is 0 Å². The normalized spacial score (nSPS) is 13.7. The van der Waals surface area contributed by atoms with E-state index in [4.69, 9.17) is 0 Å². The highest BCUT2D eigenvalue weighted by molar-refractivity contribution is 5.41. The summed E-state index contributed by atoms with van der Waals surface area (Å²) in [4.78, 5) is 0. The van der Waals surface area contributed by atoms with Gasteiger partial charge in [0.25, 0.3) is 0 Å². The van der Waals surface area contributed by atoms with Crippen molar-refractivity contribution < 1.29 is 30.6 Å². The summed E-state index contributed by atoms with van der Waals surface area (Å²) in [5.41, 5.74) is 1.16. The highest BCUT2D eigenvalue weighted by atomic mass is 16.3. The molecule has 0 saturated heterocycles. The summed E-state index contributed by atoms with van der Waals surface area (Å²) in [6, 6.07) is 8.37. The van der Waals surface area contributed by atoms with Gasteiger partial charge in [-0.25, -0.2) is 0 Å². The standard InChI is InChI=1S/C16H19NO6/c18-11-3-1-9(5-13(11)20)7-15(22)17-16(23)8-10-2-4-12(19)14(21)6-10/h1-6,15-23H,7-8H2. The largest absolute Gasteiger partial charge is 0.504 e. The van der Waals surface area contributed by atoms with Crippen molar-refractivity contribution in [2.45, 2.75) is 25.3 Å². The van der Waals surface area contributed by atoms with Crippen LogP contribution in [-0.4, -0.2) is 43.1 Å². The SMILES string of the molecule is Oc1ccc(CC(O)NC(O)Cc2ccc(O)c(O)c2)cc1O. The Morgan fingerprint density at radius 2 is 1.04 bits per heavy atom. The van der Waals surface area contributed by atoms with Gasteiger partial charge in [-0.2, -0.15) is 0 Å². The first-order valence-corrected chi connectivity index (χ1v) is 6.99. The molecule has 7 nitrogen and oxygen atoms in total. The van der Waals surface area contributed by atoms with Gasteiger partial charge in [-0.3, -0.25) is 5.32 Å². The minimum Gasteiger partial charge on any atom is -0.504 e. The molecule has 0 aliphatic carbocycles. The minimum absolute atomic E-state index is 0.117. The molecule has 0 aliphatic heterocycles. The van der Waals surface area contributed by atoms with Crippen LogP contribution < -0.4 is 5.32 Å². The molecular weight excluding hydrogens is 302 g/mol. The van der Waals surface area contributed by atoms with Gasteiger partial charge < -0.3 is 30.6 Å². The van der Waals surface area contributed by atoms with Gasteiger partial charge >= 0.3 is 0 Å². The maximum Gasteiger partial charge on any atom is 0.157 e. The highest BCUT2D eigenvalue weighted by Crippen LogP contribution is 2.26. The summed E-state index contributed by atoms with van der Waals surface area (Å²) in [6.07, 6.45) is -1.91. The number of aromatic hydroxyl groups is 4. The molecule has 0 radical (unpaired) electrons. The fourth-order valence-corrected chi connectivity index (χ4v) is 2.18. The molecule has 0 fully saturated rings. The number of aliphatic hydroxyl groups is 2. The van der Waals surface area contributed by atoms with Crippen molar-refractivity contribution >= 4 is 0 Å². The van der Waals surface area contributed by atoms with E-state index in [1.54, 1.807) is 12.1 Å². The molecular formula is C16H19NO6. The first-order valence-electron chi connectivity index (χ1n) is 6.99. The van der Waals surface area contributed by atoms with Crippen molar-refractivity contribution in [3.05, 3.63) is 47.5 Å². The molecule has 0 amide bonds. The monoisotopic (exact) mass is 321 g/mol. The third kappa shape index (κ3) is 4.75. The Labute approximate surface area is 132 Å². The zero-order valence-electron chi connectivity index (χ0n) is 12.2. The van der Waals surface area contributed by atoms with Crippen LogP contribution in [0.25, 0.3) is 0 Å². The average Bonchev–Trinajstić information content (AvgIpc) is 2.46. The Bertz CT molecular complexity index is 618. The van der Waals surface area contributed by atoms with Gasteiger partial charge in [0.05, 0.1) is 0 Å². The number of benzene rings is 2. The summed E-state index contributed by atoms with van der Waals surface area (Å²) >= 11 is 0. The summed E-state index contributed by atoms with van der Waals surface area (Å²) in [6.45, 7) is 0. The Morgan fingerprint density at radius 3 is 1.39 bits per heavy atom. The number of nitrogens with one attached hydrogen (secondary N) is 1. The van der Waals surface area contributed by atoms with Crippen molar-refractivity contribution in [3.63, 3.8) is 0 Å². The fourth-order valence-electron chi connectivity index (χ4n) is 2.18. The molecule has 7 N–H and O–H groups in total. The van der Waals surface area contributed by atoms with Gasteiger partial charge in [0.15, 0.2) is 23.0 Å². The highest BCUT2D eigenvalue weighted by Gasteiger charge is 2.13. The predicted octanol–water partition coefficient (Wildman–Crippen LogP) is 0.521. The molecule has 124 valence electrons. The molecule has 0 aliphatic rings. The molecule has 2 rings (SSSR count). The lowest BCUT2D eigenvalue weighted by atomic mass is 10.1. The molecule has 0 heterocycles. The predicted molar refractivity (Wildman–Crippen MR) is 82.1 cm³/mol. The Kier molecular flexibility index (Phi) is 5.28. The number of hydrogen-bond donors (Lipinski definition) is 7. The molecule has 2 atom stereocenters. The van der Waals surface area contributed by atoms with Crippen LogP contribution in [-0.2, 0) is 12.8 Å². The average molecular weight is 321 g/mol. The van der Waals surface area contributed by atoms with E-state index in [-0.39, 0.29) is 35.8 Å². The zero-order chi connectivity index (χ0) is 17.0. The van der Waals surface area contributed by atoms with Crippen LogP contribution >= 0.6 is 0 Å². The van der Waals surface area contributed by atoms with Crippen LogP contribution in [0.3, 0.4) is 0 Å². The fraction of sp³-hybridized carbons (Fsp3) is 0.250. The van der Waals surface area contributed by atoms with Gasteiger partial charge in [-0.1, -0.05) is 12.1 Å². The van der Waals surface area contributed by atoms with Crippen molar-refractivity contribution in [2.24, 2.45) is 0 Å². The Morgan fingerprint density at radius 1 is 0.652 bits per heavy atom. The van der Waals surface area contributed by atoms with E-state index in [9.17, 15) is 30.6 Å². The maximum atomic E-state index is 9.91. The minimum atomic E-state index is -1.07. The van der Waals surface area contributed by atoms with Crippen molar-refractivity contribution in [3.8, 4) is 23.0 Å². The summed E-state index contributed by atoms with van der Waals surface area (Å²) < 4.78 is 0. The van der Waals surface area contributed by atoms with Gasteiger partial charge in [-0.15, -0.1) is 0 Å². The molecule has 0 spiro atoms. The van der Waals surface area contributed by atoms with E-state index in [0.717, 1.165) is 0 Å². The van der Waals surface area contributed by atoms with Crippen LogP contribution in [0.4, 0.5) is 0 Å². The topological polar surface area (TPSA) is 133 Å². The number of hydrogen-bond acceptors (Lipinski definition) is 7. The molecule has 2 aromatic rings. The lowest BCUT2D eigenvalue weighted by Gasteiger charge is -2.18. The first kappa shape index (κ1) is 16.9. The summed E-state index contributed by atoms with van der Waals surface area (Å²) in [7, 11) is 0. The number of aliphatic hydroxyl groups excluding tert-OH is 2. The van der Waals surface area contributed by atoms with Crippen LogP contribution in [0, 0.1) is 0 Å². The first-order chi connectivity index (χ1) is 10.8. The van der Waals surface area contributed by atoms with Crippen LogP contribution in [0.5, 0.6) is 23.0 Å². The zero-order valence-corrected chi connectivity index (χ0v) is 12.2. The lowest BCUT2D eigenvalue weighted by molar-refractivity contribution is 0.0430. The number of rotatable bonds is 6. The van der Waals surface area contributed by atoms with Crippen LogP contribution in [0.15, 0.2) is 36.4 Å². The van der Waals surface area contributed by atoms with E-state index >= 15 is 0 Å². The second-order valence-corrected chi connectivity index (χ2v) is 5.25. The molecule has 0 aromatic heterocycles. The molecule has 0 saturated carbocycles. The number of phenolic OH excluding ortho intramolecular Hbond substituents is 4. The van der Waals surface area contributed by atoms with Gasteiger partial charge in [0, 0.05) is 12.8 Å². The number of phenols is 4. The smallest absolute Gasteiger partial charge is 0.157 e. The van der Waals surface area contributed by atoms with E-state index in [2.05, 4.69) is 5.32 Å². The lowest BCUT2D eigenvalue weighted by Crippen LogP contribution is -2.40. The second kappa shape index (κ2) is 7.19. The van der Waals surface area contributed by atoms with E-state index in [1.807, 2.05) is 0 Å². The molecule has 0 bridgehead atoms. The van der Waals surface area contributed by atoms with E-state index in [0.29, 0.717) is 11.1 Å². The van der Waals surface area contributed by atoms with Gasteiger partial charge in [-0.05, 0) is 35.4 Å². The molecule has 23 heavy (non-hydrogen) atoms.